The third kappa shape index (κ3) is 4.53. The van der Waals surface area contributed by atoms with Crippen molar-refractivity contribution in [2.45, 2.75) is 18.4 Å². The number of halogens is 1. The van der Waals surface area contributed by atoms with Gasteiger partial charge in [0, 0.05) is 17.8 Å². The van der Waals surface area contributed by atoms with Crippen LogP contribution in [-0.2, 0) is 16.4 Å². The van der Waals surface area contributed by atoms with Gasteiger partial charge in [0.25, 0.3) is 0 Å². The molecule has 0 atom stereocenters. The van der Waals surface area contributed by atoms with Crippen LogP contribution in [0.2, 0.25) is 0 Å². The topological polar surface area (TPSA) is 75.3 Å². The zero-order valence-corrected chi connectivity index (χ0v) is 13.4. The Morgan fingerprint density at radius 3 is 2.35 bits per heavy atom. The largest absolute Gasteiger partial charge is 0.334 e. The normalized spacial score (nSPS) is 11.0. The molecule has 0 aliphatic carbocycles. The van der Waals surface area contributed by atoms with E-state index in [-0.39, 0.29) is 23.0 Å². The van der Waals surface area contributed by atoms with Crippen molar-refractivity contribution in [3.8, 4) is 0 Å². The Bertz CT molecular complexity index is 789. The van der Waals surface area contributed by atoms with Gasteiger partial charge in [-0.3, -0.25) is 0 Å². The molecule has 5 nitrogen and oxygen atoms in total. The molecule has 0 saturated carbocycles. The van der Waals surface area contributed by atoms with E-state index in [0.29, 0.717) is 11.3 Å². The third-order valence-electron chi connectivity index (χ3n) is 3.25. The Balaban J connectivity index is 1.94. The minimum Gasteiger partial charge on any atom is -0.334 e. The molecule has 2 amide bonds. The van der Waals surface area contributed by atoms with Gasteiger partial charge >= 0.3 is 6.03 Å². The number of rotatable bonds is 5. The number of amides is 2. The van der Waals surface area contributed by atoms with Crippen LogP contribution in [0, 0.1) is 5.82 Å². The van der Waals surface area contributed by atoms with Gasteiger partial charge in [-0.2, -0.15) is 0 Å². The van der Waals surface area contributed by atoms with Crippen molar-refractivity contribution in [1.82, 2.24) is 5.32 Å². The maximum atomic E-state index is 13.4. The monoisotopic (exact) mass is 336 g/mol. The lowest BCUT2D eigenvalue weighted by molar-refractivity contribution is 0.251. The minimum absolute atomic E-state index is 0.0168. The number of nitrogens with one attached hydrogen (secondary N) is 2. The summed E-state index contributed by atoms with van der Waals surface area (Å²) >= 11 is 0. The van der Waals surface area contributed by atoms with Crippen molar-refractivity contribution in [2.75, 3.05) is 11.1 Å². The Labute approximate surface area is 134 Å². The van der Waals surface area contributed by atoms with E-state index in [4.69, 9.17) is 0 Å². The van der Waals surface area contributed by atoms with Gasteiger partial charge in [0.1, 0.15) is 5.82 Å². The van der Waals surface area contributed by atoms with Crippen LogP contribution < -0.4 is 10.6 Å². The molecule has 0 fully saturated rings. The summed E-state index contributed by atoms with van der Waals surface area (Å²) in [4.78, 5) is 12.0. The first-order chi connectivity index (χ1) is 10.9. The maximum Gasteiger partial charge on any atom is 0.319 e. The van der Waals surface area contributed by atoms with Gasteiger partial charge in [0.2, 0.25) is 0 Å². The third-order valence-corrected chi connectivity index (χ3v) is 5.00. The lowest BCUT2D eigenvalue weighted by Crippen LogP contribution is -2.28. The van der Waals surface area contributed by atoms with Gasteiger partial charge in [-0.25, -0.2) is 17.6 Å². The molecule has 0 saturated heterocycles. The summed E-state index contributed by atoms with van der Waals surface area (Å²) in [6.45, 7) is 1.62. The van der Waals surface area contributed by atoms with Gasteiger partial charge in [-0.1, -0.05) is 25.1 Å². The summed E-state index contributed by atoms with van der Waals surface area (Å²) in [6, 6.07) is 11.5. The fraction of sp³-hybridized carbons (Fsp3) is 0.188. The molecule has 0 bridgehead atoms. The Kier molecular flexibility index (Phi) is 5.33. The summed E-state index contributed by atoms with van der Waals surface area (Å²) in [5.74, 6) is -0.370. The van der Waals surface area contributed by atoms with Crippen molar-refractivity contribution in [3.05, 3.63) is 59.9 Å². The fourth-order valence-corrected chi connectivity index (χ4v) is 2.79. The lowest BCUT2D eigenvalue weighted by Gasteiger charge is -2.09. The van der Waals surface area contributed by atoms with Crippen LogP contribution in [0.4, 0.5) is 14.9 Å². The van der Waals surface area contributed by atoms with E-state index in [9.17, 15) is 17.6 Å². The summed E-state index contributed by atoms with van der Waals surface area (Å²) < 4.78 is 36.8. The summed E-state index contributed by atoms with van der Waals surface area (Å²) in [5, 5.41) is 5.10. The van der Waals surface area contributed by atoms with Crippen LogP contribution in [-0.4, -0.2) is 20.2 Å². The van der Waals surface area contributed by atoms with Crippen LogP contribution in [0.1, 0.15) is 12.5 Å². The highest BCUT2D eigenvalue weighted by Crippen LogP contribution is 2.15. The SMILES string of the molecule is CCS(=O)(=O)c1ccc(NC(=O)NCc2ccccc2F)cc1. The molecular formula is C16H17FN2O3S. The number of urea groups is 1. The average molecular weight is 336 g/mol. The van der Waals surface area contributed by atoms with Crippen molar-refractivity contribution in [1.29, 1.82) is 0 Å². The predicted octanol–water partition coefficient (Wildman–Crippen LogP) is 2.94. The van der Waals surface area contributed by atoms with Crippen molar-refractivity contribution in [2.24, 2.45) is 0 Å². The molecule has 7 heteroatoms. The molecule has 2 aromatic rings. The first-order valence-corrected chi connectivity index (χ1v) is 8.68. The quantitative estimate of drug-likeness (QED) is 0.881. The Morgan fingerprint density at radius 2 is 1.74 bits per heavy atom. The Hall–Kier alpha value is -2.41. The molecule has 0 aliphatic rings. The molecule has 0 radical (unpaired) electrons. The highest BCUT2D eigenvalue weighted by molar-refractivity contribution is 7.91. The summed E-state index contributed by atoms with van der Waals surface area (Å²) in [7, 11) is -3.26. The van der Waals surface area contributed by atoms with Crippen LogP contribution in [0.25, 0.3) is 0 Å². The molecule has 0 heterocycles. The van der Waals surface area contributed by atoms with E-state index in [1.165, 1.54) is 30.3 Å². The molecular weight excluding hydrogens is 319 g/mol. The number of hydrogen-bond donors (Lipinski definition) is 2. The van der Waals surface area contributed by atoms with E-state index < -0.39 is 15.9 Å². The van der Waals surface area contributed by atoms with Crippen molar-refractivity contribution < 1.29 is 17.6 Å². The minimum atomic E-state index is -3.26. The first kappa shape index (κ1) is 17.0. The molecule has 0 spiro atoms. The maximum absolute atomic E-state index is 13.4. The molecule has 2 aromatic carbocycles. The second kappa shape index (κ2) is 7.23. The molecule has 122 valence electrons. The highest BCUT2D eigenvalue weighted by Gasteiger charge is 2.11. The van der Waals surface area contributed by atoms with Crippen LogP contribution >= 0.6 is 0 Å². The standard InChI is InChI=1S/C16H17FN2O3S/c1-2-23(21,22)14-9-7-13(8-10-14)19-16(20)18-11-12-5-3-4-6-15(12)17/h3-10H,2,11H2,1H3,(H2,18,19,20). The second-order valence-corrected chi connectivity index (χ2v) is 7.11. The van der Waals surface area contributed by atoms with Gasteiger partial charge in [-0.15, -0.1) is 0 Å². The number of benzene rings is 2. The van der Waals surface area contributed by atoms with Crippen LogP contribution in [0.15, 0.2) is 53.4 Å². The summed E-state index contributed by atoms with van der Waals surface area (Å²) in [5.41, 5.74) is 0.832. The van der Waals surface area contributed by atoms with Gasteiger partial charge < -0.3 is 10.6 Å². The number of carbonyl (C=O) groups excluding carboxylic acids is 1. The number of sulfone groups is 1. The molecule has 23 heavy (non-hydrogen) atoms. The predicted molar refractivity (Wildman–Crippen MR) is 86.4 cm³/mol. The van der Waals surface area contributed by atoms with Crippen molar-refractivity contribution >= 4 is 21.6 Å². The smallest absolute Gasteiger partial charge is 0.319 e. The van der Waals surface area contributed by atoms with Crippen LogP contribution in [0.3, 0.4) is 0 Å². The van der Waals surface area contributed by atoms with Gasteiger partial charge in [0.05, 0.1) is 10.6 Å². The molecule has 0 aromatic heterocycles. The Morgan fingerprint density at radius 1 is 1.09 bits per heavy atom. The van der Waals surface area contributed by atoms with E-state index in [1.54, 1.807) is 25.1 Å². The highest BCUT2D eigenvalue weighted by atomic mass is 32.2. The summed E-state index contributed by atoms with van der Waals surface area (Å²) in [6.07, 6.45) is 0. The number of carbonyl (C=O) groups is 1. The second-order valence-electron chi connectivity index (χ2n) is 4.83. The zero-order valence-electron chi connectivity index (χ0n) is 12.5. The number of anilines is 1. The molecule has 0 aliphatic heterocycles. The molecule has 2 rings (SSSR count). The molecule has 2 N–H and O–H groups in total. The average Bonchev–Trinajstić information content (AvgIpc) is 2.54. The van der Waals surface area contributed by atoms with Gasteiger partial charge in [-0.05, 0) is 30.3 Å². The van der Waals surface area contributed by atoms with Crippen LogP contribution in [0.5, 0.6) is 0 Å². The van der Waals surface area contributed by atoms with Gasteiger partial charge in [0.15, 0.2) is 9.84 Å². The van der Waals surface area contributed by atoms with E-state index in [0.717, 1.165) is 0 Å². The lowest BCUT2D eigenvalue weighted by atomic mass is 10.2. The van der Waals surface area contributed by atoms with E-state index >= 15 is 0 Å². The van der Waals surface area contributed by atoms with E-state index in [1.807, 2.05) is 0 Å². The molecule has 0 unspecified atom stereocenters. The first-order valence-electron chi connectivity index (χ1n) is 7.03. The number of hydrogen-bond acceptors (Lipinski definition) is 3. The van der Waals surface area contributed by atoms with E-state index in [2.05, 4.69) is 10.6 Å². The van der Waals surface area contributed by atoms with Crippen molar-refractivity contribution in [3.63, 3.8) is 0 Å². The zero-order chi connectivity index (χ0) is 16.9. The fourth-order valence-electron chi connectivity index (χ4n) is 1.90.